The molecule has 2 heterocycles. The Morgan fingerprint density at radius 1 is 1.29 bits per heavy atom. The fraction of sp³-hybridized carbons (Fsp3) is 0.368. The van der Waals surface area contributed by atoms with Crippen LogP contribution in [0.25, 0.3) is 0 Å². The molecule has 2 amide bonds. The van der Waals surface area contributed by atoms with E-state index in [1.807, 2.05) is 0 Å². The van der Waals surface area contributed by atoms with Crippen molar-refractivity contribution in [3.8, 4) is 5.75 Å². The van der Waals surface area contributed by atoms with E-state index in [4.69, 9.17) is 9.47 Å². The smallest absolute Gasteiger partial charge is 0.410 e. The topological polar surface area (TPSA) is 103 Å². The van der Waals surface area contributed by atoms with Crippen molar-refractivity contribution in [2.75, 3.05) is 25.6 Å². The average molecular weight is 386 g/mol. The van der Waals surface area contributed by atoms with Crippen molar-refractivity contribution in [1.82, 2.24) is 14.7 Å². The van der Waals surface area contributed by atoms with Gasteiger partial charge in [0.15, 0.2) is 0 Å². The van der Waals surface area contributed by atoms with Crippen molar-refractivity contribution in [3.05, 3.63) is 51.9 Å². The van der Waals surface area contributed by atoms with E-state index in [-0.39, 0.29) is 19.0 Å². The largest absolute Gasteiger partial charge is 0.495 e. The first-order valence-corrected chi connectivity index (χ1v) is 8.96. The molecule has 0 saturated carbocycles. The Labute approximate surface area is 161 Å². The van der Waals surface area contributed by atoms with E-state index in [1.165, 1.54) is 18.1 Å². The lowest BCUT2D eigenvalue weighted by Gasteiger charge is -2.27. The number of hydrogen-bond acceptors (Lipinski definition) is 6. The molecule has 3 rings (SSSR count). The number of ether oxygens (including phenoxy) is 2. The highest BCUT2D eigenvalue weighted by Gasteiger charge is 2.24. The van der Waals surface area contributed by atoms with Crippen LogP contribution in [0.5, 0.6) is 5.75 Å². The first-order valence-electron chi connectivity index (χ1n) is 8.96. The van der Waals surface area contributed by atoms with Gasteiger partial charge in [-0.1, -0.05) is 12.1 Å². The molecule has 9 heteroatoms. The summed E-state index contributed by atoms with van der Waals surface area (Å²) in [6.07, 6.45) is 0.0799. The van der Waals surface area contributed by atoms with Gasteiger partial charge >= 0.3 is 6.09 Å². The quantitative estimate of drug-likeness (QED) is 0.833. The number of fused-ring (bicyclic) bond motifs is 1. The van der Waals surface area contributed by atoms with E-state index < -0.39 is 11.7 Å². The number of benzene rings is 1. The Bertz CT molecular complexity index is 940. The molecule has 0 spiro atoms. The Kier molecular flexibility index (Phi) is 5.93. The van der Waals surface area contributed by atoms with E-state index >= 15 is 0 Å². The molecular weight excluding hydrogens is 364 g/mol. The van der Waals surface area contributed by atoms with Gasteiger partial charge < -0.3 is 19.7 Å². The van der Waals surface area contributed by atoms with Crippen molar-refractivity contribution >= 4 is 17.7 Å². The standard InChI is InChI=1S/C19H22N4O5/c1-3-28-19(26)22-9-8-14-13(11-22)10-18(25)23(21-14)12-17(24)20-15-6-4-5-7-16(15)27-2/h4-7,10H,3,8-9,11-12H2,1-2H3,(H,20,24). The second kappa shape index (κ2) is 8.55. The van der Waals surface area contributed by atoms with Gasteiger partial charge in [0.2, 0.25) is 5.91 Å². The summed E-state index contributed by atoms with van der Waals surface area (Å²) in [6.45, 7) is 2.54. The minimum absolute atomic E-state index is 0.217. The summed E-state index contributed by atoms with van der Waals surface area (Å²) in [7, 11) is 1.51. The molecule has 9 nitrogen and oxygen atoms in total. The van der Waals surface area contributed by atoms with Crippen LogP contribution in [-0.4, -0.2) is 46.9 Å². The minimum Gasteiger partial charge on any atom is -0.495 e. The third kappa shape index (κ3) is 4.30. The Morgan fingerprint density at radius 2 is 2.07 bits per heavy atom. The molecule has 0 aliphatic carbocycles. The van der Waals surface area contributed by atoms with Gasteiger partial charge in [-0.3, -0.25) is 9.59 Å². The Balaban J connectivity index is 1.72. The monoisotopic (exact) mass is 386 g/mol. The van der Waals surface area contributed by atoms with Gasteiger partial charge in [0.1, 0.15) is 12.3 Å². The molecule has 148 valence electrons. The van der Waals surface area contributed by atoms with Gasteiger partial charge in [0.25, 0.3) is 5.56 Å². The van der Waals surface area contributed by atoms with Gasteiger partial charge in [0.05, 0.1) is 31.6 Å². The van der Waals surface area contributed by atoms with Crippen LogP contribution in [0.15, 0.2) is 35.1 Å². The lowest BCUT2D eigenvalue weighted by molar-refractivity contribution is -0.117. The fourth-order valence-corrected chi connectivity index (χ4v) is 3.00. The second-order valence-electron chi connectivity index (χ2n) is 6.23. The lowest BCUT2D eigenvalue weighted by Crippen LogP contribution is -2.39. The van der Waals surface area contributed by atoms with Crippen LogP contribution in [0.2, 0.25) is 0 Å². The first-order chi connectivity index (χ1) is 13.5. The molecule has 0 fully saturated rings. The minimum atomic E-state index is -0.409. The molecule has 0 atom stereocenters. The lowest BCUT2D eigenvalue weighted by atomic mass is 10.1. The predicted octanol–water partition coefficient (Wildman–Crippen LogP) is 1.41. The summed E-state index contributed by atoms with van der Waals surface area (Å²) in [4.78, 5) is 38.1. The van der Waals surface area contributed by atoms with Crippen LogP contribution in [0, 0.1) is 0 Å². The number of anilines is 1. The molecule has 0 unspecified atom stereocenters. The van der Waals surface area contributed by atoms with Gasteiger partial charge in [-0.05, 0) is 19.1 Å². The van der Waals surface area contributed by atoms with Gasteiger partial charge in [-0.2, -0.15) is 5.10 Å². The number of aromatic nitrogens is 2. The number of carbonyl (C=O) groups is 2. The van der Waals surface area contributed by atoms with Crippen molar-refractivity contribution in [1.29, 1.82) is 0 Å². The van der Waals surface area contributed by atoms with Gasteiger partial charge in [-0.25, -0.2) is 9.48 Å². The summed E-state index contributed by atoms with van der Waals surface area (Å²) < 4.78 is 11.3. The van der Waals surface area contributed by atoms with E-state index in [1.54, 1.807) is 31.2 Å². The fourth-order valence-electron chi connectivity index (χ4n) is 3.00. The molecule has 1 aromatic heterocycles. The number of nitrogens with one attached hydrogen (secondary N) is 1. The number of amides is 2. The molecule has 2 aromatic rings. The van der Waals surface area contributed by atoms with Crippen LogP contribution in [-0.2, 0) is 29.0 Å². The highest BCUT2D eigenvalue weighted by atomic mass is 16.6. The molecule has 28 heavy (non-hydrogen) atoms. The first kappa shape index (κ1) is 19.4. The van der Waals surface area contributed by atoms with Crippen LogP contribution < -0.4 is 15.6 Å². The highest BCUT2D eigenvalue weighted by molar-refractivity contribution is 5.92. The van der Waals surface area contributed by atoms with Crippen LogP contribution >= 0.6 is 0 Å². The maximum absolute atomic E-state index is 12.4. The summed E-state index contributed by atoms with van der Waals surface area (Å²) >= 11 is 0. The van der Waals surface area contributed by atoms with Crippen LogP contribution in [0.4, 0.5) is 10.5 Å². The summed E-state index contributed by atoms with van der Waals surface area (Å²) in [5.41, 5.74) is 1.49. The molecule has 1 aromatic carbocycles. The zero-order valence-corrected chi connectivity index (χ0v) is 15.8. The van der Waals surface area contributed by atoms with E-state index in [9.17, 15) is 14.4 Å². The van der Waals surface area contributed by atoms with Crippen molar-refractivity contribution < 1.29 is 19.1 Å². The Morgan fingerprint density at radius 3 is 2.82 bits per heavy atom. The number of nitrogens with zero attached hydrogens (tertiary/aromatic N) is 3. The molecular formula is C19H22N4O5. The summed E-state index contributed by atoms with van der Waals surface area (Å²) in [5, 5.41) is 7.03. The molecule has 1 aliphatic heterocycles. The molecule has 0 radical (unpaired) electrons. The SMILES string of the molecule is CCOC(=O)N1CCc2nn(CC(=O)Nc3ccccc3OC)c(=O)cc2C1. The molecule has 1 N–H and O–H groups in total. The molecule has 1 aliphatic rings. The summed E-state index contributed by atoms with van der Waals surface area (Å²) in [5.74, 6) is 0.142. The number of carbonyl (C=O) groups excluding carboxylic acids is 2. The van der Waals surface area contributed by atoms with E-state index in [2.05, 4.69) is 10.4 Å². The van der Waals surface area contributed by atoms with E-state index in [0.717, 1.165) is 4.68 Å². The number of rotatable bonds is 5. The van der Waals surface area contributed by atoms with Crippen molar-refractivity contribution in [2.45, 2.75) is 26.4 Å². The zero-order valence-electron chi connectivity index (χ0n) is 15.8. The molecule has 0 bridgehead atoms. The number of para-hydroxylation sites is 2. The van der Waals surface area contributed by atoms with Crippen molar-refractivity contribution in [3.63, 3.8) is 0 Å². The second-order valence-corrected chi connectivity index (χ2v) is 6.23. The third-order valence-corrected chi connectivity index (χ3v) is 4.34. The van der Waals surface area contributed by atoms with Gasteiger partial charge in [0, 0.05) is 24.6 Å². The zero-order chi connectivity index (χ0) is 20.1. The Hall–Kier alpha value is -3.36. The number of methoxy groups -OCH3 is 1. The third-order valence-electron chi connectivity index (χ3n) is 4.34. The van der Waals surface area contributed by atoms with E-state index in [0.29, 0.717) is 42.3 Å². The highest BCUT2D eigenvalue weighted by Crippen LogP contribution is 2.23. The van der Waals surface area contributed by atoms with Gasteiger partial charge in [-0.15, -0.1) is 0 Å². The maximum atomic E-state index is 12.4. The number of hydrogen-bond donors (Lipinski definition) is 1. The van der Waals surface area contributed by atoms with Crippen molar-refractivity contribution in [2.24, 2.45) is 0 Å². The summed E-state index contributed by atoms with van der Waals surface area (Å²) in [6, 6.07) is 8.43. The molecule has 0 saturated heterocycles. The van der Waals surface area contributed by atoms with Crippen LogP contribution in [0.3, 0.4) is 0 Å². The normalized spacial score (nSPS) is 12.9. The van der Waals surface area contributed by atoms with Crippen LogP contribution in [0.1, 0.15) is 18.2 Å². The maximum Gasteiger partial charge on any atom is 0.410 e. The average Bonchev–Trinajstić information content (AvgIpc) is 2.68. The predicted molar refractivity (Wildman–Crippen MR) is 101 cm³/mol.